The number of nitrogens with zero attached hydrogens (tertiary/aromatic N) is 2. The molecule has 1 amide bonds. The van der Waals surface area contributed by atoms with E-state index in [9.17, 15) is 22.8 Å². The van der Waals surface area contributed by atoms with Gasteiger partial charge in [-0.2, -0.15) is 13.9 Å². The molecule has 174 valence electrons. The third-order valence-electron chi connectivity index (χ3n) is 5.06. The Balaban J connectivity index is 1.55. The van der Waals surface area contributed by atoms with Crippen molar-refractivity contribution in [3.63, 3.8) is 0 Å². The summed E-state index contributed by atoms with van der Waals surface area (Å²) in [7, 11) is 0. The van der Waals surface area contributed by atoms with Crippen LogP contribution in [0.15, 0.2) is 66.7 Å². The molecule has 0 radical (unpaired) electrons. The van der Waals surface area contributed by atoms with Crippen LogP contribution in [0.25, 0.3) is 10.9 Å². The van der Waals surface area contributed by atoms with Gasteiger partial charge in [0.2, 0.25) is 0 Å². The number of carboxylic acids is 1. The van der Waals surface area contributed by atoms with Crippen molar-refractivity contribution in [3.8, 4) is 5.75 Å². The number of halogens is 3. The van der Waals surface area contributed by atoms with Crippen LogP contribution in [0.2, 0.25) is 0 Å². The van der Waals surface area contributed by atoms with E-state index < -0.39 is 24.3 Å². The van der Waals surface area contributed by atoms with Crippen molar-refractivity contribution in [3.05, 3.63) is 94.9 Å². The lowest BCUT2D eigenvalue weighted by Gasteiger charge is -2.07. The maximum absolute atomic E-state index is 13.9. The van der Waals surface area contributed by atoms with Gasteiger partial charge >= 0.3 is 12.6 Å². The number of alkyl halides is 2. The normalized spacial score (nSPS) is 11.1. The number of benzene rings is 3. The zero-order valence-corrected chi connectivity index (χ0v) is 17.5. The average molecular weight is 469 g/mol. The summed E-state index contributed by atoms with van der Waals surface area (Å²) in [6, 6.07) is 16.0. The molecule has 10 heteroatoms. The van der Waals surface area contributed by atoms with Crippen LogP contribution in [0, 0.1) is 5.82 Å². The average Bonchev–Trinajstić information content (AvgIpc) is 3.16. The molecule has 0 fully saturated rings. The van der Waals surface area contributed by atoms with Gasteiger partial charge in [0, 0.05) is 11.9 Å². The van der Waals surface area contributed by atoms with Gasteiger partial charge in [-0.25, -0.2) is 9.18 Å². The standard InChI is InChI=1S/C24H18F3N3O4/c25-17-7-10-20-19(11-17)21(22(31)28-12-14-1-5-16(6-2-14)23(32)33)29-30(20)13-15-3-8-18(9-4-15)34-24(26)27/h1-11,24H,12-13H2,(H,28,31)(H,32,33). The summed E-state index contributed by atoms with van der Waals surface area (Å²) in [5.41, 5.74) is 2.06. The SMILES string of the molecule is O=C(O)c1ccc(CNC(=O)c2nn(Cc3ccc(OC(F)F)cc3)c3ccc(F)cc23)cc1. The number of ether oxygens (including phenoxy) is 1. The summed E-state index contributed by atoms with van der Waals surface area (Å²) in [6.45, 7) is -2.60. The molecule has 1 heterocycles. The predicted molar refractivity (Wildman–Crippen MR) is 116 cm³/mol. The third-order valence-corrected chi connectivity index (χ3v) is 5.06. The van der Waals surface area contributed by atoms with E-state index in [0.29, 0.717) is 22.0 Å². The molecule has 0 bridgehead atoms. The van der Waals surface area contributed by atoms with Crippen LogP contribution in [-0.2, 0) is 13.1 Å². The minimum Gasteiger partial charge on any atom is -0.478 e. The molecule has 4 aromatic rings. The number of carboxylic acid groups (broad SMARTS) is 1. The van der Waals surface area contributed by atoms with E-state index in [1.807, 2.05) is 0 Å². The minimum absolute atomic E-state index is 0.0163. The minimum atomic E-state index is -2.92. The molecule has 1 aromatic heterocycles. The second-order valence-electron chi connectivity index (χ2n) is 7.37. The van der Waals surface area contributed by atoms with Gasteiger partial charge in [0.15, 0.2) is 5.69 Å². The van der Waals surface area contributed by atoms with Crippen LogP contribution in [0.5, 0.6) is 5.75 Å². The number of aromatic nitrogens is 2. The zero-order valence-electron chi connectivity index (χ0n) is 17.5. The summed E-state index contributed by atoms with van der Waals surface area (Å²) in [5.74, 6) is -2.09. The van der Waals surface area contributed by atoms with Crippen LogP contribution in [0.3, 0.4) is 0 Å². The van der Waals surface area contributed by atoms with Gasteiger partial charge in [-0.3, -0.25) is 9.48 Å². The van der Waals surface area contributed by atoms with E-state index in [1.165, 1.54) is 47.1 Å². The largest absolute Gasteiger partial charge is 0.478 e. The second-order valence-corrected chi connectivity index (χ2v) is 7.37. The first-order valence-electron chi connectivity index (χ1n) is 10.1. The molecule has 34 heavy (non-hydrogen) atoms. The molecule has 0 aliphatic heterocycles. The van der Waals surface area contributed by atoms with E-state index in [1.54, 1.807) is 24.3 Å². The molecule has 0 spiro atoms. The molecular weight excluding hydrogens is 451 g/mol. The Morgan fingerprint density at radius 1 is 1.00 bits per heavy atom. The number of carbonyl (C=O) groups is 2. The van der Waals surface area contributed by atoms with Gasteiger partial charge in [-0.05, 0) is 53.6 Å². The van der Waals surface area contributed by atoms with Gasteiger partial charge in [-0.15, -0.1) is 0 Å². The molecule has 4 rings (SSSR count). The number of amides is 1. The molecule has 0 saturated heterocycles. The third kappa shape index (κ3) is 5.17. The van der Waals surface area contributed by atoms with Crippen molar-refractivity contribution in [1.29, 1.82) is 0 Å². The Hall–Kier alpha value is -4.34. The number of aromatic carboxylic acids is 1. The Morgan fingerprint density at radius 2 is 1.68 bits per heavy atom. The highest BCUT2D eigenvalue weighted by Crippen LogP contribution is 2.22. The fourth-order valence-electron chi connectivity index (χ4n) is 3.42. The maximum Gasteiger partial charge on any atom is 0.387 e. The van der Waals surface area contributed by atoms with Crippen molar-refractivity contribution < 1.29 is 32.6 Å². The first-order valence-corrected chi connectivity index (χ1v) is 10.1. The highest BCUT2D eigenvalue weighted by Gasteiger charge is 2.18. The summed E-state index contributed by atoms with van der Waals surface area (Å²) in [5, 5.41) is 16.4. The molecule has 3 aromatic carbocycles. The zero-order chi connectivity index (χ0) is 24.2. The van der Waals surface area contributed by atoms with E-state index in [2.05, 4.69) is 15.2 Å². The highest BCUT2D eigenvalue weighted by molar-refractivity contribution is 6.04. The summed E-state index contributed by atoms with van der Waals surface area (Å²) >= 11 is 0. The van der Waals surface area contributed by atoms with Crippen LogP contribution >= 0.6 is 0 Å². The monoisotopic (exact) mass is 469 g/mol. The van der Waals surface area contributed by atoms with Gasteiger partial charge in [0.05, 0.1) is 17.6 Å². The van der Waals surface area contributed by atoms with Gasteiger partial charge < -0.3 is 15.2 Å². The fraction of sp³-hybridized carbons (Fsp3) is 0.125. The van der Waals surface area contributed by atoms with E-state index in [0.717, 1.165) is 0 Å². The first-order chi connectivity index (χ1) is 16.3. The lowest BCUT2D eigenvalue weighted by Crippen LogP contribution is -2.23. The number of fused-ring (bicyclic) bond motifs is 1. The smallest absolute Gasteiger partial charge is 0.387 e. The quantitative estimate of drug-likeness (QED) is 0.398. The Kier molecular flexibility index (Phi) is 6.48. The predicted octanol–water partition coefficient (Wildman–Crippen LogP) is 4.45. The van der Waals surface area contributed by atoms with Gasteiger partial charge in [0.1, 0.15) is 11.6 Å². The molecular formula is C24H18F3N3O4. The van der Waals surface area contributed by atoms with Crippen molar-refractivity contribution in [2.45, 2.75) is 19.7 Å². The second kappa shape index (κ2) is 9.65. The summed E-state index contributed by atoms with van der Waals surface area (Å²) in [6.07, 6.45) is 0. The number of hydrogen-bond donors (Lipinski definition) is 2. The summed E-state index contributed by atoms with van der Waals surface area (Å²) in [4.78, 5) is 23.8. The fourth-order valence-corrected chi connectivity index (χ4v) is 3.42. The van der Waals surface area contributed by atoms with E-state index >= 15 is 0 Å². The lowest BCUT2D eigenvalue weighted by atomic mass is 10.1. The van der Waals surface area contributed by atoms with Crippen molar-refractivity contribution >= 4 is 22.8 Å². The van der Waals surface area contributed by atoms with Crippen LogP contribution in [-0.4, -0.2) is 33.4 Å². The van der Waals surface area contributed by atoms with Crippen molar-refractivity contribution in [2.24, 2.45) is 0 Å². The molecule has 0 atom stereocenters. The first kappa shape index (κ1) is 22.8. The van der Waals surface area contributed by atoms with Crippen molar-refractivity contribution in [2.75, 3.05) is 0 Å². The number of rotatable bonds is 8. The number of carbonyl (C=O) groups excluding carboxylic acids is 1. The lowest BCUT2D eigenvalue weighted by molar-refractivity contribution is -0.0498. The molecule has 2 N–H and O–H groups in total. The van der Waals surface area contributed by atoms with Crippen LogP contribution < -0.4 is 10.1 Å². The van der Waals surface area contributed by atoms with Crippen molar-refractivity contribution in [1.82, 2.24) is 15.1 Å². The summed E-state index contributed by atoms with van der Waals surface area (Å²) < 4.78 is 44.5. The molecule has 0 aliphatic rings. The number of hydrogen-bond acceptors (Lipinski definition) is 4. The maximum atomic E-state index is 13.9. The molecule has 0 unspecified atom stereocenters. The Labute approximate surface area is 191 Å². The molecule has 0 aliphatic carbocycles. The van der Waals surface area contributed by atoms with Gasteiger partial charge in [0.25, 0.3) is 5.91 Å². The van der Waals surface area contributed by atoms with E-state index in [-0.39, 0.29) is 30.1 Å². The van der Waals surface area contributed by atoms with Gasteiger partial charge in [-0.1, -0.05) is 24.3 Å². The number of nitrogens with one attached hydrogen (secondary N) is 1. The van der Waals surface area contributed by atoms with E-state index in [4.69, 9.17) is 5.11 Å². The molecule has 7 nitrogen and oxygen atoms in total. The Bertz CT molecular complexity index is 1340. The Morgan fingerprint density at radius 3 is 2.32 bits per heavy atom. The van der Waals surface area contributed by atoms with Crippen LogP contribution in [0.1, 0.15) is 32.0 Å². The van der Waals surface area contributed by atoms with Crippen LogP contribution in [0.4, 0.5) is 13.2 Å². The molecule has 0 saturated carbocycles. The topological polar surface area (TPSA) is 93.5 Å². The highest BCUT2D eigenvalue weighted by atomic mass is 19.3.